The third-order valence-electron chi connectivity index (χ3n) is 6.26. The van der Waals surface area contributed by atoms with Crippen LogP contribution < -0.4 is 10.6 Å². The summed E-state index contributed by atoms with van der Waals surface area (Å²) >= 11 is 13.0. The molecule has 1 aliphatic heterocycles. The van der Waals surface area contributed by atoms with Gasteiger partial charge in [-0.2, -0.15) is 0 Å². The first kappa shape index (κ1) is 25.4. The third kappa shape index (κ3) is 6.18. The Labute approximate surface area is 228 Å². The van der Waals surface area contributed by atoms with E-state index in [-0.39, 0.29) is 17.6 Å². The number of aromatic nitrogens is 1. The Kier molecular flexibility index (Phi) is 7.83. The van der Waals surface area contributed by atoms with Crippen molar-refractivity contribution in [1.29, 1.82) is 0 Å². The molecule has 190 valence electrons. The molecule has 3 heterocycles. The van der Waals surface area contributed by atoms with Crippen LogP contribution in [0.5, 0.6) is 0 Å². The van der Waals surface area contributed by atoms with E-state index in [1.807, 2.05) is 12.1 Å². The summed E-state index contributed by atoms with van der Waals surface area (Å²) in [5.41, 5.74) is 2.18. The van der Waals surface area contributed by atoms with Crippen LogP contribution in [0.4, 0.5) is 10.1 Å². The van der Waals surface area contributed by atoms with Gasteiger partial charge in [0, 0.05) is 40.7 Å². The first-order valence-electron chi connectivity index (χ1n) is 11.8. The molecule has 5 rings (SSSR count). The maximum Gasteiger partial charge on any atom is 0.275 e. The van der Waals surface area contributed by atoms with Crippen LogP contribution in [0.2, 0.25) is 5.02 Å². The number of furan rings is 1. The molecule has 0 atom stereocenters. The van der Waals surface area contributed by atoms with Gasteiger partial charge in [0.25, 0.3) is 5.91 Å². The molecule has 1 aliphatic rings. The molecule has 0 radical (unpaired) electrons. The summed E-state index contributed by atoms with van der Waals surface area (Å²) in [6, 6.07) is 15.1. The van der Waals surface area contributed by atoms with Gasteiger partial charge in [-0.3, -0.25) is 4.79 Å². The standard InChI is InChI=1S/C27H24ClFN4O2S2/c28-19-5-3-17(4-6-19)22-14-20(29)7-8-23(22)31-25(34)24-16-37-26(32-24)18-9-11-33(12-10-18)27(36)30-15-21-2-1-13-35-21/h1-8,13-14,16,18H,9-12,15H2,(H,30,36)(H,31,34). The number of thiocarbonyl (C=S) groups is 1. The van der Waals surface area contributed by atoms with Crippen LogP contribution in [0.15, 0.2) is 70.7 Å². The molecule has 37 heavy (non-hydrogen) atoms. The van der Waals surface area contributed by atoms with Crippen LogP contribution >= 0.6 is 35.2 Å². The topological polar surface area (TPSA) is 70.4 Å². The molecule has 0 saturated carbocycles. The zero-order valence-electron chi connectivity index (χ0n) is 19.7. The largest absolute Gasteiger partial charge is 0.467 e. The van der Waals surface area contributed by atoms with Crippen molar-refractivity contribution in [3.63, 3.8) is 0 Å². The minimum absolute atomic E-state index is 0.270. The average molecular weight is 555 g/mol. The van der Waals surface area contributed by atoms with Gasteiger partial charge in [0.05, 0.1) is 17.8 Å². The summed E-state index contributed by atoms with van der Waals surface area (Å²) in [7, 11) is 0. The maximum absolute atomic E-state index is 14.0. The van der Waals surface area contributed by atoms with Gasteiger partial charge < -0.3 is 20.0 Å². The Morgan fingerprint density at radius 3 is 2.70 bits per heavy atom. The third-order valence-corrected chi connectivity index (χ3v) is 7.93. The molecule has 1 saturated heterocycles. The highest BCUT2D eigenvalue weighted by atomic mass is 35.5. The summed E-state index contributed by atoms with van der Waals surface area (Å²) in [6.45, 7) is 2.19. The SMILES string of the molecule is O=C(Nc1ccc(F)cc1-c1ccc(Cl)cc1)c1csc(C2CCN(C(=S)NCc3ccco3)CC2)n1. The van der Waals surface area contributed by atoms with Crippen molar-refractivity contribution in [2.24, 2.45) is 0 Å². The molecule has 10 heteroatoms. The predicted octanol–water partition coefficient (Wildman–Crippen LogP) is 6.70. The predicted molar refractivity (Wildman–Crippen MR) is 149 cm³/mol. The number of anilines is 1. The Hall–Kier alpha value is -3.27. The molecule has 2 N–H and O–H groups in total. The Balaban J connectivity index is 1.20. The van der Waals surface area contributed by atoms with E-state index in [0.717, 1.165) is 42.3 Å². The van der Waals surface area contributed by atoms with Gasteiger partial charge in [-0.1, -0.05) is 23.7 Å². The van der Waals surface area contributed by atoms with Crippen LogP contribution in [0, 0.1) is 5.82 Å². The van der Waals surface area contributed by atoms with Gasteiger partial charge in [0.15, 0.2) is 5.11 Å². The summed E-state index contributed by atoms with van der Waals surface area (Å²) in [6.07, 6.45) is 3.44. The molecular formula is C27H24ClFN4O2S2. The zero-order valence-corrected chi connectivity index (χ0v) is 22.1. The normalized spacial score (nSPS) is 13.9. The van der Waals surface area contributed by atoms with E-state index < -0.39 is 0 Å². The van der Waals surface area contributed by atoms with Crippen LogP contribution in [-0.4, -0.2) is 34.0 Å². The van der Waals surface area contributed by atoms with Gasteiger partial charge in [0.2, 0.25) is 0 Å². The number of halogens is 2. The molecular weight excluding hydrogens is 531 g/mol. The molecule has 0 aliphatic carbocycles. The van der Waals surface area contributed by atoms with Crippen molar-refractivity contribution in [2.45, 2.75) is 25.3 Å². The van der Waals surface area contributed by atoms with Crippen LogP contribution in [0.1, 0.15) is 40.0 Å². The number of thiazole rings is 1. The molecule has 0 unspecified atom stereocenters. The number of piperidine rings is 1. The van der Waals surface area contributed by atoms with Crippen LogP contribution in [-0.2, 0) is 6.54 Å². The molecule has 2 aromatic heterocycles. The number of rotatable bonds is 6. The minimum Gasteiger partial charge on any atom is -0.467 e. The van der Waals surface area contributed by atoms with Gasteiger partial charge in [0.1, 0.15) is 17.3 Å². The second kappa shape index (κ2) is 11.4. The Morgan fingerprint density at radius 2 is 1.97 bits per heavy atom. The lowest BCUT2D eigenvalue weighted by molar-refractivity contribution is 0.102. The molecule has 1 amide bonds. The van der Waals surface area contributed by atoms with Crippen LogP contribution in [0.3, 0.4) is 0 Å². The van der Waals surface area contributed by atoms with Crippen molar-refractivity contribution in [3.05, 3.63) is 93.5 Å². The van der Waals surface area contributed by atoms with Gasteiger partial charge in [-0.05, 0) is 73.1 Å². The fraction of sp³-hybridized carbons (Fsp3) is 0.222. The maximum atomic E-state index is 14.0. The van der Waals surface area contributed by atoms with E-state index in [9.17, 15) is 9.18 Å². The second-order valence-corrected chi connectivity index (χ2v) is 10.4. The molecule has 6 nitrogen and oxygen atoms in total. The minimum atomic E-state index is -0.388. The molecule has 2 aromatic carbocycles. The summed E-state index contributed by atoms with van der Waals surface area (Å²) < 4.78 is 19.3. The number of carbonyl (C=O) groups is 1. The summed E-state index contributed by atoms with van der Waals surface area (Å²) in [4.78, 5) is 19.8. The number of benzene rings is 2. The highest BCUT2D eigenvalue weighted by Gasteiger charge is 2.25. The lowest BCUT2D eigenvalue weighted by Crippen LogP contribution is -2.43. The number of nitrogens with one attached hydrogen (secondary N) is 2. The number of carbonyl (C=O) groups excluding carboxylic acids is 1. The Bertz CT molecular complexity index is 1380. The van der Waals surface area contributed by atoms with E-state index in [1.54, 1.807) is 42.0 Å². The van der Waals surface area contributed by atoms with Crippen molar-refractivity contribution < 1.29 is 13.6 Å². The summed E-state index contributed by atoms with van der Waals surface area (Å²) in [5, 5.41) is 10.1. The second-order valence-electron chi connectivity index (χ2n) is 8.72. The quantitative estimate of drug-likeness (QED) is 0.258. The first-order chi connectivity index (χ1) is 18.0. The number of hydrogen-bond donors (Lipinski definition) is 2. The molecule has 4 aromatic rings. The number of nitrogens with zero attached hydrogens (tertiary/aromatic N) is 2. The zero-order chi connectivity index (χ0) is 25.8. The lowest BCUT2D eigenvalue weighted by Gasteiger charge is -2.33. The number of hydrogen-bond acceptors (Lipinski definition) is 5. The smallest absolute Gasteiger partial charge is 0.275 e. The van der Waals surface area contributed by atoms with E-state index in [2.05, 4.69) is 20.5 Å². The van der Waals surface area contributed by atoms with E-state index in [4.69, 9.17) is 28.2 Å². The highest BCUT2D eigenvalue weighted by molar-refractivity contribution is 7.80. The lowest BCUT2D eigenvalue weighted by atomic mass is 9.98. The van der Waals surface area contributed by atoms with E-state index in [1.165, 1.54) is 23.5 Å². The molecule has 1 fully saturated rings. The van der Waals surface area contributed by atoms with E-state index >= 15 is 0 Å². The first-order valence-corrected chi connectivity index (χ1v) is 13.5. The van der Waals surface area contributed by atoms with Crippen molar-refractivity contribution in [1.82, 2.24) is 15.2 Å². The Morgan fingerprint density at radius 1 is 1.19 bits per heavy atom. The van der Waals surface area contributed by atoms with Gasteiger partial charge >= 0.3 is 0 Å². The summed E-state index contributed by atoms with van der Waals surface area (Å²) in [5.74, 6) is 0.392. The van der Waals surface area contributed by atoms with Crippen molar-refractivity contribution in [3.8, 4) is 11.1 Å². The monoisotopic (exact) mass is 554 g/mol. The van der Waals surface area contributed by atoms with Crippen LogP contribution in [0.25, 0.3) is 11.1 Å². The molecule has 0 bridgehead atoms. The van der Waals surface area contributed by atoms with Crippen molar-refractivity contribution in [2.75, 3.05) is 18.4 Å². The average Bonchev–Trinajstić information content (AvgIpc) is 3.62. The highest BCUT2D eigenvalue weighted by Crippen LogP contribution is 2.32. The fourth-order valence-electron chi connectivity index (χ4n) is 4.28. The number of amides is 1. The van der Waals surface area contributed by atoms with Gasteiger partial charge in [-0.15, -0.1) is 11.3 Å². The van der Waals surface area contributed by atoms with Crippen molar-refractivity contribution >= 4 is 51.9 Å². The molecule has 0 spiro atoms. The van der Waals surface area contributed by atoms with E-state index in [0.29, 0.717) is 33.6 Å². The number of likely N-dealkylation sites (tertiary alicyclic amines) is 1. The van der Waals surface area contributed by atoms with Gasteiger partial charge in [-0.25, -0.2) is 9.37 Å². The fourth-order valence-corrected chi connectivity index (χ4v) is 5.63.